The largest absolute Gasteiger partial charge is 0.495 e. The van der Waals surface area contributed by atoms with Crippen LogP contribution < -0.4 is 11.2 Å². The Morgan fingerprint density at radius 2 is 1.41 bits per heavy atom. The summed E-state index contributed by atoms with van der Waals surface area (Å²) in [7, 11) is -0.471. The van der Waals surface area contributed by atoms with Crippen molar-refractivity contribution in [2.75, 3.05) is 5.73 Å². The third-order valence-corrected chi connectivity index (χ3v) is 8.22. The average molecular weight is 611 g/mol. The molecule has 0 saturated carbocycles. The van der Waals surface area contributed by atoms with E-state index >= 15 is 0 Å². The standard InChI is InChI=1S/C14H11N.C13H17BO3.C7H8BrN/c1-10-6-7-14-13(8-10)12-5-3-2-4-11(12)9-15-14;1-12(2)13(3,4)17-14(16-12)11-8-6-5-7-10(11)9-15;1-5-2-3-7(9)6(8)4-5/h2-9H,1H3;5-9H,1-4H3;2-4H,9H2,1H3. The molecule has 1 aliphatic rings. The van der Waals surface area contributed by atoms with Gasteiger partial charge in [-0.05, 0) is 98.2 Å². The fourth-order valence-electron chi connectivity index (χ4n) is 4.41. The number of aryl methyl sites for hydroxylation is 2. The van der Waals surface area contributed by atoms with Gasteiger partial charge in [-0.3, -0.25) is 9.78 Å². The van der Waals surface area contributed by atoms with E-state index in [1.54, 1.807) is 6.07 Å². The van der Waals surface area contributed by atoms with Gasteiger partial charge in [0.1, 0.15) is 6.29 Å². The molecule has 1 saturated heterocycles. The molecule has 0 atom stereocenters. The van der Waals surface area contributed by atoms with Crippen molar-refractivity contribution in [2.45, 2.75) is 52.7 Å². The third kappa shape index (κ3) is 7.04. The predicted molar refractivity (Wildman–Crippen MR) is 175 cm³/mol. The van der Waals surface area contributed by atoms with Gasteiger partial charge in [0.25, 0.3) is 0 Å². The number of carbonyl (C=O) groups excluding carboxylic acids is 1. The number of rotatable bonds is 2. The maximum atomic E-state index is 11.0. The molecule has 7 heteroatoms. The number of fused-ring (bicyclic) bond motifs is 3. The number of anilines is 1. The Kier molecular flexibility index (Phi) is 9.32. The van der Waals surface area contributed by atoms with Crippen molar-refractivity contribution in [3.05, 3.63) is 112 Å². The minimum Gasteiger partial charge on any atom is -0.399 e. The van der Waals surface area contributed by atoms with E-state index in [0.29, 0.717) is 5.56 Å². The summed E-state index contributed by atoms with van der Waals surface area (Å²) < 4.78 is 12.8. The number of aldehydes is 1. The first-order valence-corrected chi connectivity index (χ1v) is 14.4. The van der Waals surface area contributed by atoms with E-state index < -0.39 is 7.12 Å². The van der Waals surface area contributed by atoms with E-state index in [1.165, 1.54) is 27.3 Å². The molecule has 0 bridgehead atoms. The van der Waals surface area contributed by atoms with Crippen LogP contribution >= 0.6 is 15.9 Å². The lowest BCUT2D eigenvalue weighted by Gasteiger charge is -2.32. The lowest BCUT2D eigenvalue weighted by molar-refractivity contribution is 0.00578. The number of nitrogens with two attached hydrogens (primary N) is 1. The average Bonchev–Trinajstić information content (AvgIpc) is 3.17. The highest BCUT2D eigenvalue weighted by Gasteiger charge is 2.52. The van der Waals surface area contributed by atoms with Crippen molar-refractivity contribution >= 4 is 62.2 Å². The second-order valence-electron chi connectivity index (χ2n) is 11.2. The minimum atomic E-state index is -0.471. The summed E-state index contributed by atoms with van der Waals surface area (Å²) in [5.74, 6) is 0. The molecule has 1 aliphatic heterocycles. The van der Waals surface area contributed by atoms with Crippen molar-refractivity contribution in [2.24, 2.45) is 0 Å². The molecule has 0 spiro atoms. The minimum absolute atomic E-state index is 0.381. The smallest absolute Gasteiger partial charge is 0.399 e. The van der Waals surface area contributed by atoms with E-state index in [9.17, 15) is 4.79 Å². The van der Waals surface area contributed by atoms with E-state index in [4.69, 9.17) is 15.0 Å². The van der Waals surface area contributed by atoms with Crippen LogP contribution in [0.3, 0.4) is 0 Å². The zero-order valence-corrected chi connectivity index (χ0v) is 26.0. The van der Waals surface area contributed by atoms with Crippen LogP contribution in [0, 0.1) is 13.8 Å². The van der Waals surface area contributed by atoms with Crippen molar-refractivity contribution in [3.8, 4) is 0 Å². The topological polar surface area (TPSA) is 74.4 Å². The number of hydrogen-bond donors (Lipinski definition) is 1. The summed E-state index contributed by atoms with van der Waals surface area (Å²) in [5.41, 5.74) is 10.5. The summed E-state index contributed by atoms with van der Waals surface area (Å²) in [6, 6.07) is 28.0. The number of aromatic nitrogens is 1. The Bertz CT molecular complexity index is 1670. The Balaban J connectivity index is 0.000000148. The van der Waals surface area contributed by atoms with Gasteiger partial charge in [0.05, 0.1) is 16.7 Å². The van der Waals surface area contributed by atoms with Crippen LogP contribution in [0.25, 0.3) is 21.7 Å². The molecule has 0 amide bonds. The SMILES string of the molecule is CC1(C)OB(c2ccccc2C=O)OC1(C)C.Cc1ccc(N)c(Br)c1.Cc1ccc2ncc3ccccc3c2c1. The van der Waals surface area contributed by atoms with Crippen molar-refractivity contribution < 1.29 is 14.1 Å². The number of nitrogens with zero attached hydrogens (tertiary/aromatic N) is 1. The van der Waals surface area contributed by atoms with Crippen LogP contribution in [-0.4, -0.2) is 29.6 Å². The molecular weight excluding hydrogens is 575 g/mol. The van der Waals surface area contributed by atoms with Gasteiger partial charge < -0.3 is 15.0 Å². The van der Waals surface area contributed by atoms with Crippen molar-refractivity contribution in [3.63, 3.8) is 0 Å². The van der Waals surface area contributed by atoms with Crippen molar-refractivity contribution in [1.29, 1.82) is 0 Å². The Labute approximate surface area is 251 Å². The number of carbonyl (C=O) groups is 1. The maximum absolute atomic E-state index is 11.0. The molecule has 4 aromatic carbocycles. The molecular formula is C34H36BBrN2O3. The molecule has 5 nitrogen and oxygen atoms in total. The van der Waals surface area contributed by atoms with Gasteiger partial charge in [-0.2, -0.15) is 0 Å². The van der Waals surface area contributed by atoms with Gasteiger partial charge in [-0.1, -0.05) is 66.2 Å². The molecule has 1 fully saturated rings. The number of halogens is 1. The first-order valence-electron chi connectivity index (χ1n) is 13.6. The second kappa shape index (κ2) is 12.6. The van der Waals surface area contributed by atoms with Crippen LogP contribution in [0.4, 0.5) is 5.69 Å². The lowest BCUT2D eigenvalue weighted by Crippen LogP contribution is -2.41. The Hall–Kier alpha value is -3.52. The third-order valence-electron chi connectivity index (χ3n) is 7.53. The molecule has 0 aliphatic carbocycles. The van der Waals surface area contributed by atoms with E-state index in [1.807, 2.05) is 83.3 Å². The zero-order chi connectivity index (χ0) is 29.8. The Morgan fingerprint density at radius 3 is 2.07 bits per heavy atom. The maximum Gasteiger partial charge on any atom is 0.495 e. The molecule has 2 N–H and O–H groups in total. The van der Waals surface area contributed by atoms with Gasteiger partial charge in [0.2, 0.25) is 0 Å². The van der Waals surface area contributed by atoms with Crippen LogP contribution in [0.15, 0.2) is 95.6 Å². The van der Waals surface area contributed by atoms with Crippen molar-refractivity contribution in [1.82, 2.24) is 4.98 Å². The van der Waals surface area contributed by atoms with Gasteiger partial charge in [0, 0.05) is 32.7 Å². The van der Waals surface area contributed by atoms with Crippen LogP contribution in [0.2, 0.25) is 0 Å². The normalized spacial score (nSPS) is 15.0. The Morgan fingerprint density at radius 1 is 0.805 bits per heavy atom. The molecule has 0 unspecified atom stereocenters. The highest BCUT2D eigenvalue weighted by molar-refractivity contribution is 9.10. The summed E-state index contributed by atoms with van der Waals surface area (Å²) in [6.07, 6.45) is 2.77. The number of nitrogen functional groups attached to an aromatic ring is 1. The number of pyridine rings is 1. The zero-order valence-electron chi connectivity index (χ0n) is 24.4. The summed E-state index contributed by atoms with van der Waals surface area (Å²) in [6.45, 7) is 12.1. The molecule has 6 rings (SSSR count). The monoisotopic (exact) mass is 610 g/mol. The predicted octanol–water partition coefficient (Wildman–Crippen LogP) is 7.83. The van der Waals surface area contributed by atoms with Gasteiger partial charge in [-0.25, -0.2) is 0 Å². The van der Waals surface area contributed by atoms with Gasteiger partial charge in [-0.15, -0.1) is 0 Å². The highest BCUT2D eigenvalue weighted by atomic mass is 79.9. The molecule has 5 aromatic rings. The van der Waals surface area contributed by atoms with Crippen LogP contribution in [0.5, 0.6) is 0 Å². The summed E-state index contributed by atoms with van der Waals surface area (Å²) in [4.78, 5) is 15.4. The number of benzene rings is 4. The molecule has 0 radical (unpaired) electrons. The molecule has 41 heavy (non-hydrogen) atoms. The summed E-state index contributed by atoms with van der Waals surface area (Å²) in [5, 5.41) is 3.73. The quantitative estimate of drug-likeness (QED) is 0.0954. The van der Waals surface area contributed by atoms with E-state index in [-0.39, 0.29) is 11.2 Å². The van der Waals surface area contributed by atoms with Crippen LogP contribution in [-0.2, 0) is 9.31 Å². The highest BCUT2D eigenvalue weighted by Crippen LogP contribution is 2.36. The van der Waals surface area contributed by atoms with Crippen LogP contribution in [0.1, 0.15) is 49.2 Å². The molecule has 210 valence electrons. The second-order valence-corrected chi connectivity index (χ2v) is 12.1. The fourth-order valence-corrected chi connectivity index (χ4v) is 4.90. The summed E-state index contributed by atoms with van der Waals surface area (Å²) >= 11 is 3.32. The van der Waals surface area contributed by atoms with E-state index in [0.717, 1.165) is 27.4 Å². The first-order chi connectivity index (χ1) is 19.4. The van der Waals surface area contributed by atoms with Gasteiger partial charge in [0.15, 0.2) is 0 Å². The lowest BCUT2D eigenvalue weighted by atomic mass is 9.76. The number of hydrogen-bond acceptors (Lipinski definition) is 5. The molecule has 2 heterocycles. The van der Waals surface area contributed by atoms with Gasteiger partial charge >= 0.3 is 7.12 Å². The van der Waals surface area contributed by atoms with E-state index in [2.05, 4.69) is 64.2 Å². The molecule has 1 aromatic heterocycles. The fraction of sp³-hybridized carbons (Fsp3) is 0.235. The first kappa shape index (κ1) is 30.4.